The van der Waals surface area contributed by atoms with Crippen LogP contribution in [0.4, 0.5) is 0 Å². The second-order valence-corrected chi connectivity index (χ2v) is 6.37. The van der Waals surface area contributed by atoms with Crippen molar-refractivity contribution in [3.8, 4) is 0 Å². The first-order valence-corrected chi connectivity index (χ1v) is 8.02. The number of carbonyl (C=O) groups excluding carboxylic acids is 2. The number of nitrogens with zero attached hydrogens (tertiary/aromatic N) is 3. The van der Waals surface area contributed by atoms with Gasteiger partial charge in [-0.3, -0.25) is 9.59 Å². The molecule has 1 aliphatic rings. The molecule has 2 heterocycles. The fourth-order valence-electron chi connectivity index (χ4n) is 2.28. The van der Waals surface area contributed by atoms with Crippen LogP contribution < -0.4 is 5.32 Å². The second-order valence-electron chi connectivity index (χ2n) is 4.99. The number of methoxy groups -OCH3 is 1. The molecule has 0 radical (unpaired) electrons. The molecule has 0 aromatic carbocycles. The van der Waals surface area contributed by atoms with Gasteiger partial charge in [0, 0.05) is 18.7 Å². The summed E-state index contributed by atoms with van der Waals surface area (Å²) < 4.78 is 6.31. The lowest BCUT2D eigenvalue weighted by Gasteiger charge is -2.24. The maximum atomic E-state index is 11.4. The summed E-state index contributed by atoms with van der Waals surface area (Å²) >= 11 is 1.36. The number of rotatable bonds is 5. The minimum Gasteiger partial charge on any atom is -0.469 e. The highest BCUT2D eigenvalue weighted by Crippen LogP contribution is 2.26. The second kappa shape index (κ2) is 8.09. The van der Waals surface area contributed by atoms with E-state index in [0.29, 0.717) is 6.54 Å². The van der Waals surface area contributed by atoms with Crippen molar-refractivity contribution in [2.45, 2.75) is 31.6 Å². The fraction of sp³-hybridized carbons (Fsp3) is 0.571. The van der Waals surface area contributed by atoms with Gasteiger partial charge in [-0.05, 0) is 24.6 Å². The summed E-state index contributed by atoms with van der Waals surface area (Å²) in [7, 11) is 1.36. The Bertz CT molecular complexity index is 570. The van der Waals surface area contributed by atoms with Crippen molar-refractivity contribution < 1.29 is 14.3 Å². The Labute approximate surface area is 133 Å². The Morgan fingerprint density at radius 3 is 3.14 bits per heavy atom. The molecule has 0 amide bonds. The first-order chi connectivity index (χ1) is 10.6. The zero-order chi connectivity index (χ0) is 15.9. The van der Waals surface area contributed by atoms with Gasteiger partial charge < -0.3 is 10.1 Å². The average Bonchev–Trinajstić information content (AvgIpc) is 2.93. The number of thioether (sulfide) groups is 1. The van der Waals surface area contributed by atoms with Crippen molar-refractivity contribution in [1.82, 2.24) is 20.3 Å². The smallest absolute Gasteiger partial charge is 0.307 e. The first-order valence-electron chi connectivity index (χ1n) is 7.14. The number of hydrogen-bond acceptors (Lipinski definition) is 7. The topological polar surface area (TPSA) is 86.1 Å². The molecule has 1 atom stereocenters. The maximum Gasteiger partial charge on any atom is 0.307 e. The Morgan fingerprint density at radius 2 is 2.41 bits per heavy atom. The minimum absolute atomic E-state index is 0.120. The van der Waals surface area contributed by atoms with Crippen molar-refractivity contribution in [2.24, 2.45) is 0 Å². The molecule has 1 fully saturated rings. The predicted molar refractivity (Wildman–Crippen MR) is 84.2 cm³/mol. The van der Waals surface area contributed by atoms with E-state index in [9.17, 15) is 9.59 Å². The van der Waals surface area contributed by atoms with Crippen LogP contribution in [0.15, 0.2) is 11.8 Å². The van der Waals surface area contributed by atoms with E-state index in [1.165, 1.54) is 18.9 Å². The number of piperidine rings is 1. The minimum atomic E-state index is -0.279. The highest BCUT2D eigenvalue weighted by Gasteiger charge is 2.21. The summed E-state index contributed by atoms with van der Waals surface area (Å²) in [5.74, 6) is -0.279. The molecule has 2 rings (SSSR count). The van der Waals surface area contributed by atoms with E-state index in [0.717, 1.165) is 30.8 Å². The first kappa shape index (κ1) is 16.7. The van der Waals surface area contributed by atoms with E-state index >= 15 is 0 Å². The van der Waals surface area contributed by atoms with Gasteiger partial charge in [0.05, 0.1) is 32.0 Å². The largest absolute Gasteiger partial charge is 0.469 e. The van der Waals surface area contributed by atoms with Gasteiger partial charge in [-0.15, -0.1) is 5.10 Å². The average molecular weight is 324 g/mol. The van der Waals surface area contributed by atoms with Crippen molar-refractivity contribution in [1.29, 1.82) is 0 Å². The molecule has 0 aliphatic carbocycles. The Morgan fingerprint density at radius 1 is 1.59 bits per heavy atom. The number of aryl methyl sites for hydroxylation is 1. The van der Waals surface area contributed by atoms with Crippen molar-refractivity contribution in [2.75, 3.05) is 20.2 Å². The number of nitrogens with one attached hydrogen (secondary N) is 1. The highest BCUT2D eigenvalue weighted by atomic mass is 32.2. The van der Waals surface area contributed by atoms with Crippen LogP contribution in [0.1, 0.15) is 25.5 Å². The van der Waals surface area contributed by atoms with Crippen LogP contribution in [0.25, 0.3) is 6.08 Å². The summed E-state index contributed by atoms with van der Waals surface area (Å²) in [6.45, 7) is 3.66. The van der Waals surface area contributed by atoms with Gasteiger partial charge >= 0.3 is 5.97 Å². The lowest BCUT2D eigenvalue weighted by atomic mass is 10.0. The highest BCUT2D eigenvalue weighted by molar-refractivity contribution is 8.14. The van der Waals surface area contributed by atoms with Gasteiger partial charge in [-0.1, -0.05) is 17.0 Å². The SMILES string of the molecule is COC(=O)CCn1nncc1/C=C1\CNCCC1SC(C)=O. The molecule has 1 aromatic heterocycles. The molecule has 120 valence electrons. The lowest BCUT2D eigenvalue weighted by molar-refractivity contribution is -0.140. The number of carbonyl (C=O) groups is 2. The standard InChI is InChI=1S/C14H20N4O3S/c1-10(19)22-13-3-5-15-8-11(13)7-12-9-16-17-18(12)6-4-14(20)21-2/h7,9,13,15H,3-6,8H2,1-2H3/b11-7+. The van der Waals surface area contributed by atoms with E-state index in [2.05, 4.69) is 20.4 Å². The number of esters is 1. The molecule has 22 heavy (non-hydrogen) atoms. The quantitative estimate of drug-likeness (QED) is 0.804. The van der Waals surface area contributed by atoms with Crippen molar-refractivity contribution >= 4 is 28.9 Å². The van der Waals surface area contributed by atoms with E-state index in [1.54, 1.807) is 17.8 Å². The van der Waals surface area contributed by atoms with Crippen LogP contribution in [-0.2, 0) is 20.9 Å². The van der Waals surface area contributed by atoms with Crippen LogP contribution in [0.5, 0.6) is 0 Å². The van der Waals surface area contributed by atoms with Crippen molar-refractivity contribution in [3.05, 3.63) is 17.5 Å². The lowest BCUT2D eigenvalue weighted by Crippen LogP contribution is -2.32. The molecular weight excluding hydrogens is 304 g/mol. The molecule has 1 N–H and O–H groups in total. The predicted octanol–water partition coefficient (Wildman–Crippen LogP) is 0.866. The third kappa shape index (κ3) is 4.67. The number of aromatic nitrogens is 3. The van der Waals surface area contributed by atoms with Crippen LogP contribution >= 0.6 is 11.8 Å². The molecule has 1 aliphatic heterocycles. The van der Waals surface area contributed by atoms with E-state index in [-0.39, 0.29) is 22.8 Å². The Hall–Kier alpha value is -1.67. The molecule has 0 bridgehead atoms. The summed E-state index contributed by atoms with van der Waals surface area (Å²) in [6.07, 6.45) is 4.83. The maximum absolute atomic E-state index is 11.4. The summed E-state index contributed by atoms with van der Waals surface area (Å²) in [5, 5.41) is 11.5. The van der Waals surface area contributed by atoms with Crippen LogP contribution in [-0.4, -0.2) is 51.5 Å². The van der Waals surface area contributed by atoms with Gasteiger partial charge in [0.25, 0.3) is 0 Å². The summed E-state index contributed by atoms with van der Waals surface area (Å²) in [6, 6.07) is 0. The van der Waals surface area contributed by atoms with Crippen molar-refractivity contribution in [3.63, 3.8) is 0 Å². The molecular formula is C14H20N4O3S. The van der Waals surface area contributed by atoms with Crippen LogP contribution in [0, 0.1) is 0 Å². The zero-order valence-electron chi connectivity index (χ0n) is 12.7. The van der Waals surface area contributed by atoms with Gasteiger partial charge in [-0.2, -0.15) is 0 Å². The fourth-order valence-corrected chi connectivity index (χ4v) is 3.22. The molecule has 1 unspecified atom stereocenters. The normalized spacial score (nSPS) is 20.1. The van der Waals surface area contributed by atoms with E-state index in [1.807, 2.05) is 6.08 Å². The monoisotopic (exact) mass is 324 g/mol. The van der Waals surface area contributed by atoms with Gasteiger partial charge in [0.1, 0.15) is 0 Å². The molecule has 7 nitrogen and oxygen atoms in total. The van der Waals surface area contributed by atoms with E-state index in [4.69, 9.17) is 0 Å². The Balaban J connectivity index is 2.11. The molecule has 0 saturated carbocycles. The summed E-state index contributed by atoms with van der Waals surface area (Å²) in [4.78, 5) is 22.6. The Kier molecular flexibility index (Phi) is 6.14. The zero-order valence-corrected chi connectivity index (χ0v) is 13.6. The third-order valence-corrected chi connectivity index (χ3v) is 4.53. The molecule has 1 saturated heterocycles. The third-order valence-electron chi connectivity index (χ3n) is 3.37. The van der Waals surface area contributed by atoms with E-state index < -0.39 is 0 Å². The number of hydrogen-bond donors (Lipinski definition) is 1. The molecule has 0 spiro atoms. The molecule has 8 heteroatoms. The van der Waals surface area contributed by atoms with Gasteiger partial charge in [0.15, 0.2) is 5.12 Å². The van der Waals surface area contributed by atoms with Crippen LogP contribution in [0.2, 0.25) is 0 Å². The number of ether oxygens (including phenoxy) is 1. The van der Waals surface area contributed by atoms with Gasteiger partial charge in [0.2, 0.25) is 0 Å². The van der Waals surface area contributed by atoms with Gasteiger partial charge in [-0.25, -0.2) is 4.68 Å². The summed E-state index contributed by atoms with van der Waals surface area (Å²) in [5.41, 5.74) is 1.98. The molecule has 1 aromatic rings. The van der Waals surface area contributed by atoms with Crippen LogP contribution in [0.3, 0.4) is 0 Å².